The van der Waals surface area contributed by atoms with Crippen molar-refractivity contribution in [3.8, 4) is 0 Å². The maximum atomic E-state index is 13.4. The van der Waals surface area contributed by atoms with Crippen molar-refractivity contribution in [1.29, 1.82) is 0 Å². The van der Waals surface area contributed by atoms with Gasteiger partial charge in [0.2, 0.25) is 11.5 Å². The predicted octanol–water partition coefficient (Wildman–Crippen LogP) is 5.56. The van der Waals surface area contributed by atoms with Crippen LogP contribution in [0.2, 0.25) is 0 Å². The number of hydrogen-bond acceptors (Lipinski definition) is 3. The quantitative estimate of drug-likeness (QED) is 0.455. The minimum atomic E-state index is -0.186. The highest BCUT2D eigenvalue weighted by molar-refractivity contribution is 6.24. The molecule has 1 aromatic rings. The molecule has 0 saturated heterocycles. The minimum absolute atomic E-state index is 0.0524. The molecule has 2 heterocycles. The number of fused-ring (bicyclic) bond motifs is 1. The van der Waals surface area contributed by atoms with Crippen LogP contribution < -0.4 is 0 Å². The van der Waals surface area contributed by atoms with E-state index >= 15 is 0 Å². The molecule has 4 aliphatic rings. The molecule has 0 spiro atoms. The summed E-state index contributed by atoms with van der Waals surface area (Å²) in [7, 11) is 5.85. The van der Waals surface area contributed by atoms with E-state index in [4.69, 9.17) is 4.74 Å². The third-order valence-electron chi connectivity index (χ3n) is 7.91. The van der Waals surface area contributed by atoms with Crippen molar-refractivity contribution in [2.45, 2.75) is 46.0 Å². The van der Waals surface area contributed by atoms with Crippen molar-refractivity contribution in [3.63, 3.8) is 0 Å². The molecule has 0 fully saturated rings. The molecule has 0 N–H and O–H groups in total. The van der Waals surface area contributed by atoms with Gasteiger partial charge in [-0.05, 0) is 38.3 Å². The summed E-state index contributed by atoms with van der Waals surface area (Å²) in [5.74, 6) is 0.737. The summed E-state index contributed by atoms with van der Waals surface area (Å²) in [4.78, 5) is 15.7. The number of ether oxygens (including phenoxy) is 1. The Bertz CT molecular complexity index is 1280. The molecule has 0 unspecified atom stereocenters. The summed E-state index contributed by atoms with van der Waals surface area (Å²) < 4.78 is 7.96. The first-order valence-electron chi connectivity index (χ1n) is 11.7. The van der Waals surface area contributed by atoms with Crippen LogP contribution >= 0.6 is 0 Å². The molecule has 0 atom stereocenters. The molecule has 0 bridgehead atoms. The number of rotatable bonds is 3. The van der Waals surface area contributed by atoms with Crippen molar-refractivity contribution >= 4 is 17.2 Å². The molecule has 0 aromatic heterocycles. The number of carbonyl (C=O) groups is 1. The molecule has 2 aliphatic carbocycles. The molecule has 0 amide bonds. The highest BCUT2D eigenvalue weighted by atomic mass is 16.5. The van der Waals surface area contributed by atoms with Gasteiger partial charge in [0.1, 0.15) is 12.8 Å². The second kappa shape index (κ2) is 7.18. The number of carbonyl (C=O) groups excluding carboxylic acids is 1. The van der Waals surface area contributed by atoms with Crippen molar-refractivity contribution in [2.75, 3.05) is 21.2 Å². The van der Waals surface area contributed by atoms with Crippen molar-refractivity contribution < 1.29 is 14.1 Å². The van der Waals surface area contributed by atoms with Crippen molar-refractivity contribution in [3.05, 3.63) is 88.0 Å². The fraction of sp³-hybridized carbons (Fsp3) is 0.379. The number of nitrogens with zero attached hydrogens (tertiary/aromatic N) is 2. The number of methoxy groups -OCH3 is 1. The Kier molecular flexibility index (Phi) is 4.72. The molecular weight excluding hydrogens is 408 g/mol. The third-order valence-corrected chi connectivity index (χ3v) is 7.91. The maximum absolute atomic E-state index is 13.4. The summed E-state index contributed by atoms with van der Waals surface area (Å²) in [5.41, 5.74) is 8.42. The molecule has 0 radical (unpaired) electrons. The second-order valence-electron chi connectivity index (χ2n) is 10.4. The number of allylic oxidation sites excluding steroid dienone is 8. The molecule has 0 saturated carbocycles. The lowest BCUT2D eigenvalue weighted by atomic mass is 9.77. The Morgan fingerprint density at radius 1 is 1.09 bits per heavy atom. The zero-order valence-electron chi connectivity index (χ0n) is 20.7. The molecule has 5 rings (SSSR count). The normalized spacial score (nSPS) is 25.3. The summed E-state index contributed by atoms with van der Waals surface area (Å²) in [6.45, 7) is 8.90. The number of hydrogen-bond donors (Lipinski definition) is 0. The number of para-hydroxylation sites is 1. The van der Waals surface area contributed by atoms with Gasteiger partial charge in [0.25, 0.3) is 0 Å². The molecular formula is C29H33N2O2+. The van der Waals surface area contributed by atoms with Crippen LogP contribution in [-0.2, 0) is 14.9 Å². The number of ketones is 1. The summed E-state index contributed by atoms with van der Waals surface area (Å²) >= 11 is 0. The molecule has 33 heavy (non-hydrogen) atoms. The summed E-state index contributed by atoms with van der Waals surface area (Å²) in [5, 5.41) is 0. The highest BCUT2D eigenvalue weighted by Gasteiger charge is 2.46. The van der Waals surface area contributed by atoms with Crippen LogP contribution in [0.15, 0.2) is 82.4 Å². The van der Waals surface area contributed by atoms with Crippen molar-refractivity contribution in [1.82, 2.24) is 4.90 Å². The fourth-order valence-corrected chi connectivity index (χ4v) is 6.00. The first-order valence-corrected chi connectivity index (χ1v) is 11.7. The van der Waals surface area contributed by atoms with E-state index in [1.165, 1.54) is 22.5 Å². The summed E-state index contributed by atoms with van der Waals surface area (Å²) in [6, 6.07) is 8.44. The fourth-order valence-electron chi connectivity index (χ4n) is 6.00. The van der Waals surface area contributed by atoms with Crippen LogP contribution in [0.1, 0.15) is 46.1 Å². The van der Waals surface area contributed by atoms with E-state index in [0.717, 1.165) is 24.3 Å². The van der Waals surface area contributed by atoms with Crippen LogP contribution in [0.3, 0.4) is 0 Å². The largest absolute Gasteiger partial charge is 0.495 e. The van der Waals surface area contributed by atoms with E-state index in [-0.39, 0.29) is 16.6 Å². The average molecular weight is 442 g/mol. The van der Waals surface area contributed by atoms with E-state index in [2.05, 4.69) is 87.7 Å². The maximum Gasteiger partial charge on any atom is 0.209 e. The third kappa shape index (κ3) is 2.89. The van der Waals surface area contributed by atoms with Gasteiger partial charge in [-0.1, -0.05) is 44.2 Å². The van der Waals surface area contributed by atoms with E-state index in [0.29, 0.717) is 16.9 Å². The molecule has 4 nitrogen and oxygen atoms in total. The highest BCUT2D eigenvalue weighted by Crippen LogP contribution is 2.50. The smallest absolute Gasteiger partial charge is 0.209 e. The Hall–Kier alpha value is -3.14. The predicted molar refractivity (Wildman–Crippen MR) is 132 cm³/mol. The van der Waals surface area contributed by atoms with Crippen LogP contribution in [0.5, 0.6) is 0 Å². The summed E-state index contributed by atoms with van der Waals surface area (Å²) in [6.07, 6.45) is 10.7. The van der Waals surface area contributed by atoms with Crippen LogP contribution in [0, 0.1) is 5.41 Å². The number of Topliss-reactive ketones (excluding diaryl/α,β-unsaturated/α-hetero) is 1. The van der Waals surface area contributed by atoms with Gasteiger partial charge >= 0.3 is 0 Å². The van der Waals surface area contributed by atoms with E-state index in [9.17, 15) is 4.79 Å². The monoisotopic (exact) mass is 441 g/mol. The Balaban J connectivity index is 1.56. The van der Waals surface area contributed by atoms with Gasteiger partial charge < -0.3 is 9.64 Å². The van der Waals surface area contributed by atoms with Gasteiger partial charge in [0.05, 0.1) is 23.7 Å². The number of benzene rings is 1. The van der Waals surface area contributed by atoms with Crippen LogP contribution in [0.4, 0.5) is 5.69 Å². The molecule has 170 valence electrons. The zero-order chi connectivity index (χ0) is 23.7. The van der Waals surface area contributed by atoms with Gasteiger partial charge in [0.15, 0.2) is 5.71 Å². The lowest BCUT2D eigenvalue weighted by Gasteiger charge is -2.29. The lowest BCUT2D eigenvalue weighted by molar-refractivity contribution is -0.401. The standard InChI is InChI=1S/C29H33N2O2/c1-28(2)20-12-8-10-14-22(20)30(5)24(28)16-18-26(32)19(27(18)33-7)17-25-29(3,4)21-13-9-11-15-23(21)31(25)6/h8-10,12-14,16-17H,11,15H2,1-7H3/q+1. The first-order chi connectivity index (χ1) is 15.6. The van der Waals surface area contributed by atoms with Gasteiger partial charge in [-0.3, -0.25) is 4.79 Å². The van der Waals surface area contributed by atoms with E-state index in [1.54, 1.807) is 7.11 Å². The van der Waals surface area contributed by atoms with Gasteiger partial charge in [0, 0.05) is 41.6 Å². The Labute approximate surface area is 196 Å². The van der Waals surface area contributed by atoms with Gasteiger partial charge in [-0.25, -0.2) is 0 Å². The molecule has 2 aliphatic heterocycles. The van der Waals surface area contributed by atoms with Crippen molar-refractivity contribution in [2.24, 2.45) is 5.41 Å². The first kappa shape index (κ1) is 21.7. The van der Waals surface area contributed by atoms with Gasteiger partial charge in [-0.15, -0.1) is 0 Å². The van der Waals surface area contributed by atoms with Gasteiger partial charge in [-0.2, -0.15) is 4.58 Å². The average Bonchev–Trinajstić information content (AvgIpc) is 3.11. The Morgan fingerprint density at radius 3 is 2.48 bits per heavy atom. The van der Waals surface area contributed by atoms with Crippen LogP contribution in [0.25, 0.3) is 0 Å². The zero-order valence-corrected chi connectivity index (χ0v) is 20.7. The topological polar surface area (TPSA) is 32.5 Å². The molecule has 4 heteroatoms. The molecule has 1 aromatic carbocycles. The minimum Gasteiger partial charge on any atom is -0.495 e. The second-order valence-corrected chi connectivity index (χ2v) is 10.4. The SMILES string of the molecule is COC1=C(/C=C2/N(C)C3=C(C=CCC3)C2(C)C)C(=O)/C1=C\C1=[N+](C)c2ccccc2C1(C)C. The van der Waals surface area contributed by atoms with Crippen LogP contribution in [-0.4, -0.2) is 42.2 Å². The van der Waals surface area contributed by atoms with E-state index < -0.39 is 0 Å². The lowest BCUT2D eigenvalue weighted by Crippen LogP contribution is -2.31. The van der Waals surface area contributed by atoms with E-state index in [1.807, 2.05) is 12.2 Å². The Morgan fingerprint density at radius 2 is 1.82 bits per heavy atom.